The summed E-state index contributed by atoms with van der Waals surface area (Å²) in [6.07, 6.45) is 0. The van der Waals surface area contributed by atoms with E-state index in [1.165, 1.54) is 47.5 Å². The van der Waals surface area contributed by atoms with Gasteiger partial charge in [-0.2, -0.15) is 0 Å². The van der Waals surface area contributed by atoms with Crippen molar-refractivity contribution in [2.75, 3.05) is 0 Å². The zero-order valence-electron chi connectivity index (χ0n) is 26.9. The van der Waals surface area contributed by atoms with Crippen LogP contribution in [-0.2, 0) is 0 Å². The molecule has 0 aliphatic heterocycles. The van der Waals surface area contributed by atoms with Crippen molar-refractivity contribution in [3.05, 3.63) is 170 Å². The summed E-state index contributed by atoms with van der Waals surface area (Å²) < 4.78 is 5.00. The van der Waals surface area contributed by atoms with Gasteiger partial charge in [-0.1, -0.05) is 121 Å². The molecule has 0 aliphatic carbocycles. The van der Waals surface area contributed by atoms with Crippen molar-refractivity contribution in [1.29, 1.82) is 0 Å². The predicted octanol–water partition coefficient (Wildman–Crippen LogP) is 12.0. The van der Waals surface area contributed by atoms with Crippen molar-refractivity contribution in [1.82, 2.24) is 19.5 Å². The quantitative estimate of drug-likeness (QED) is 0.185. The van der Waals surface area contributed by atoms with Crippen molar-refractivity contribution in [2.24, 2.45) is 0 Å². The molecule has 0 atom stereocenters. The number of aromatic nitrogens is 4. The third-order valence-electron chi connectivity index (χ3n) is 9.47. The first-order valence-corrected chi connectivity index (χ1v) is 17.5. The first-order valence-electron chi connectivity index (χ1n) is 16.7. The molecule has 0 N–H and O–H groups in total. The molecule has 4 nitrogen and oxygen atoms in total. The zero-order chi connectivity index (χ0) is 33.0. The molecule has 0 saturated heterocycles. The minimum Gasteiger partial charge on any atom is -0.309 e. The molecule has 50 heavy (non-hydrogen) atoms. The third kappa shape index (κ3) is 4.79. The van der Waals surface area contributed by atoms with E-state index in [1.807, 2.05) is 47.7 Å². The highest BCUT2D eigenvalue weighted by molar-refractivity contribution is 7.25. The van der Waals surface area contributed by atoms with E-state index >= 15 is 0 Å². The Morgan fingerprint density at radius 3 is 1.52 bits per heavy atom. The van der Waals surface area contributed by atoms with Crippen LogP contribution in [-0.4, -0.2) is 19.5 Å². The van der Waals surface area contributed by atoms with Gasteiger partial charge in [0.05, 0.1) is 11.0 Å². The number of hydrogen-bond acceptors (Lipinski definition) is 4. The Morgan fingerprint density at radius 1 is 0.340 bits per heavy atom. The molecule has 3 heterocycles. The second kappa shape index (κ2) is 11.6. The highest BCUT2D eigenvalue weighted by atomic mass is 32.1. The van der Waals surface area contributed by atoms with Gasteiger partial charge in [0.2, 0.25) is 0 Å². The summed E-state index contributed by atoms with van der Waals surface area (Å²) >= 11 is 1.86. The molecule has 10 aromatic rings. The fraction of sp³-hybridized carbons (Fsp3) is 0. The average molecular weight is 657 g/mol. The maximum atomic E-state index is 5.02. The molecule has 0 unspecified atom stereocenters. The Hall–Kier alpha value is -6.43. The van der Waals surface area contributed by atoms with Gasteiger partial charge >= 0.3 is 0 Å². The number of nitrogens with zero attached hydrogens (tertiary/aromatic N) is 4. The van der Waals surface area contributed by atoms with Gasteiger partial charge in [0, 0.05) is 53.3 Å². The highest BCUT2D eigenvalue weighted by Gasteiger charge is 2.17. The smallest absolute Gasteiger partial charge is 0.164 e. The van der Waals surface area contributed by atoms with Gasteiger partial charge in [0.15, 0.2) is 17.5 Å². The van der Waals surface area contributed by atoms with Crippen LogP contribution < -0.4 is 0 Å². The van der Waals surface area contributed by atoms with E-state index in [9.17, 15) is 0 Å². The van der Waals surface area contributed by atoms with Gasteiger partial charge in [0.25, 0.3) is 0 Å². The first-order chi connectivity index (χ1) is 24.8. The number of thiophene rings is 1. The van der Waals surface area contributed by atoms with Crippen molar-refractivity contribution in [2.45, 2.75) is 0 Å². The molecule has 0 radical (unpaired) electrons. The molecule has 0 amide bonds. The van der Waals surface area contributed by atoms with E-state index in [4.69, 9.17) is 15.0 Å². The molecule has 7 aromatic carbocycles. The van der Waals surface area contributed by atoms with Crippen LogP contribution in [0.25, 0.3) is 93.0 Å². The van der Waals surface area contributed by atoms with Gasteiger partial charge in [-0.25, -0.2) is 15.0 Å². The Labute approximate surface area is 292 Å². The van der Waals surface area contributed by atoms with E-state index < -0.39 is 0 Å². The second-order valence-electron chi connectivity index (χ2n) is 12.5. The molecule has 0 saturated carbocycles. The minimum absolute atomic E-state index is 0.640. The summed E-state index contributed by atoms with van der Waals surface area (Å²) in [5.41, 5.74) is 8.63. The Bertz CT molecular complexity index is 2840. The topological polar surface area (TPSA) is 43.6 Å². The average Bonchev–Trinajstić information content (AvgIpc) is 3.72. The maximum absolute atomic E-state index is 5.02. The van der Waals surface area contributed by atoms with E-state index in [1.54, 1.807) is 0 Å². The summed E-state index contributed by atoms with van der Waals surface area (Å²) in [7, 11) is 0. The lowest BCUT2D eigenvalue weighted by Crippen LogP contribution is -2.00. The van der Waals surface area contributed by atoms with Crippen molar-refractivity contribution < 1.29 is 0 Å². The van der Waals surface area contributed by atoms with Crippen LogP contribution >= 0.6 is 11.3 Å². The van der Waals surface area contributed by atoms with Crippen LogP contribution in [0.4, 0.5) is 0 Å². The van der Waals surface area contributed by atoms with Gasteiger partial charge in [-0.05, 0) is 59.7 Å². The number of para-hydroxylation sites is 1. The number of benzene rings is 7. The van der Waals surface area contributed by atoms with Crippen LogP contribution in [0.3, 0.4) is 0 Å². The highest BCUT2D eigenvalue weighted by Crippen LogP contribution is 2.40. The van der Waals surface area contributed by atoms with Crippen LogP contribution in [0, 0.1) is 0 Å². The lowest BCUT2D eigenvalue weighted by molar-refractivity contribution is 1.07. The Balaban J connectivity index is 1.09. The van der Waals surface area contributed by atoms with Gasteiger partial charge in [0.1, 0.15) is 0 Å². The molecule has 10 rings (SSSR count). The molecule has 0 fully saturated rings. The summed E-state index contributed by atoms with van der Waals surface area (Å²) in [6, 6.07) is 59.7. The molecular weight excluding hydrogens is 629 g/mol. The van der Waals surface area contributed by atoms with Gasteiger partial charge < -0.3 is 4.57 Å². The Kier molecular flexibility index (Phi) is 6.64. The van der Waals surface area contributed by atoms with E-state index in [0.717, 1.165) is 27.9 Å². The van der Waals surface area contributed by atoms with Gasteiger partial charge in [-0.3, -0.25) is 0 Å². The largest absolute Gasteiger partial charge is 0.309 e. The monoisotopic (exact) mass is 656 g/mol. The van der Waals surface area contributed by atoms with Crippen LogP contribution in [0.2, 0.25) is 0 Å². The second-order valence-corrected chi connectivity index (χ2v) is 13.6. The van der Waals surface area contributed by atoms with Crippen molar-refractivity contribution in [3.8, 4) is 51.0 Å². The third-order valence-corrected chi connectivity index (χ3v) is 10.6. The SMILES string of the molecule is c1ccc(-c2ccc(-c3nc(-c4ccccc4)nc(-c4ccc(-n5c6ccccc6c6cc7sc8ccccc8c7cc65)cc4)n3)cc2)cc1. The van der Waals surface area contributed by atoms with E-state index in [-0.39, 0.29) is 0 Å². The summed E-state index contributed by atoms with van der Waals surface area (Å²) in [4.78, 5) is 15.0. The lowest BCUT2D eigenvalue weighted by Gasteiger charge is -2.11. The molecule has 0 aliphatic rings. The molecular formula is C45H28N4S. The summed E-state index contributed by atoms with van der Waals surface area (Å²) in [5.74, 6) is 1.93. The van der Waals surface area contributed by atoms with Crippen LogP contribution in [0.15, 0.2) is 170 Å². The fourth-order valence-corrected chi connectivity index (χ4v) is 8.14. The molecule has 234 valence electrons. The number of hydrogen-bond donors (Lipinski definition) is 0. The van der Waals surface area contributed by atoms with E-state index in [0.29, 0.717) is 17.5 Å². The fourth-order valence-electron chi connectivity index (χ4n) is 7.02. The molecule has 5 heteroatoms. The van der Waals surface area contributed by atoms with E-state index in [2.05, 4.69) is 138 Å². The van der Waals surface area contributed by atoms with Gasteiger partial charge in [-0.15, -0.1) is 11.3 Å². The van der Waals surface area contributed by atoms with Crippen molar-refractivity contribution >= 4 is 53.3 Å². The van der Waals surface area contributed by atoms with Crippen LogP contribution in [0.5, 0.6) is 0 Å². The predicted molar refractivity (Wildman–Crippen MR) is 209 cm³/mol. The molecule has 0 spiro atoms. The Morgan fingerprint density at radius 2 is 0.840 bits per heavy atom. The maximum Gasteiger partial charge on any atom is 0.164 e. The molecule has 3 aromatic heterocycles. The number of rotatable bonds is 5. The lowest BCUT2D eigenvalue weighted by atomic mass is 10.0. The minimum atomic E-state index is 0.640. The zero-order valence-corrected chi connectivity index (χ0v) is 27.7. The normalized spacial score (nSPS) is 11.6. The van der Waals surface area contributed by atoms with Crippen LogP contribution in [0.1, 0.15) is 0 Å². The molecule has 0 bridgehead atoms. The summed E-state index contributed by atoms with van der Waals surface area (Å²) in [6.45, 7) is 0. The number of fused-ring (bicyclic) bond motifs is 6. The van der Waals surface area contributed by atoms with Crippen molar-refractivity contribution in [3.63, 3.8) is 0 Å². The first kappa shape index (κ1) is 28.6. The summed E-state index contributed by atoms with van der Waals surface area (Å²) in [5, 5.41) is 5.10. The standard InChI is InChI=1S/C45H28N4S/c1-3-11-29(12-4-1)30-19-21-32(22-20-30)44-46-43(31-13-5-2-6-14-31)47-45(48-44)33-23-25-34(26-24-33)49-39-17-9-7-15-35(39)37-28-42-38(27-40(37)49)36-16-8-10-18-41(36)50-42/h1-28H.